The summed E-state index contributed by atoms with van der Waals surface area (Å²) in [5.41, 5.74) is 4.68. The van der Waals surface area contributed by atoms with Crippen molar-refractivity contribution < 1.29 is 0 Å². The second-order valence-electron chi connectivity index (χ2n) is 6.56. The molecule has 4 heteroatoms. The van der Waals surface area contributed by atoms with Crippen LogP contribution in [-0.4, -0.2) is 10.8 Å². The summed E-state index contributed by atoms with van der Waals surface area (Å²) in [5, 5.41) is 6.38. The van der Waals surface area contributed by atoms with Crippen LogP contribution in [0.15, 0.2) is 30.3 Å². The molecule has 0 aliphatic carbocycles. The van der Waals surface area contributed by atoms with E-state index in [0.29, 0.717) is 0 Å². The third-order valence-electron chi connectivity index (χ3n) is 4.52. The van der Waals surface area contributed by atoms with E-state index in [-0.39, 0.29) is 5.66 Å². The van der Waals surface area contributed by atoms with E-state index in [1.807, 2.05) is 23.2 Å². The minimum absolute atomic E-state index is 0.0770. The van der Waals surface area contributed by atoms with Gasteiger partial charge in [-0.3, -0.25) is 5.01 Å². The van der Waals surface area contributed by atoms with Crippen LogP contribution < -0.4 is 15.8 Å². The fourth-order valence-corrected chi connectivity index (χ4v) is 3.65. The minimum Gasteiger partial charge on any atom is -0.342 e. The van der Waals surface area contributed by atoms with Crippen molar-refractivity contribution in [2.45, 2.75) is 77.3 Å². The summed E-state index contributed by atoms with van der Waals surface area (Å²) < 4.78 is 0. The summed E-state index contributed by atoms with van der Waals surface area (Å²) in [4.78, 5) is 0. The average Bonchev–Trinajstić information content (AvgIpc) is 2.89. The van der Waals surface area contributed by atoms with E-state index in [0.717, 1.165) is 30.1 Å². The van der Waals surface area contributed by atoms with Crippen molar-refractivity contribution in [3.63, 3.8) is 0 Å². The topological polar surface area (TPSA) is 27.3 Å². The van der Waals surface area contributed by atoms with Gasteiger partial charge in [0.15, 0.2) is 5.11 Å². The van der Waals surface area contributed by atoms with Crippen LogP contribution in [0.5, 0.6) is 0 Å². The van der Waals surface area contributed by atoms with E-state index in [1.165, 1.54) is 38.5 Å². The van der Waals surface area contributed by atoms with Crippen LogP contribution >= 0.6 is 12.2 Å². The number of benzene rings is 1. The van der Waals surface area contributed by atoms with Gasteiger partial charge in [0, 0.05) is 0 Å². The molecule has 1 aromatic rings. The maximum absolute atomic E-state index is 5.57. The van der Waals surface area contributed by atoms with Crippen molar-refractivity contribution >= 4 is 23.0 Å². The molecule has 0 aromatic heterocycles. The summed E-state index contributed by atoms with van der Waals surface area (Å²) in [6, 6.07) is 10.3. The van der Waals surface area contributed by atoms with Gasteiger partial charge in [0.25, 0.3) is 0 Å². The zero-order valence-corrected chi connectivity index (χ0v) is 15.4. The highest BCUT2D eigenvalue weighted by molar-refractivity contribution is 7.80. The molecule has 0 saturated carbocycles. The number of hydrogen-bond donors (Lipinski definition) is 2. The molecule has 0 spiro atoms. The van der Waals surface area contributed by atoms with E-state index >= 15 is 0 Å². The maximum Gasteiger partial charge on any atom is 0.189 e. The second-order valence-corrected chi connectivity index (χ2v) is 6.95. The third-order valence-corrected chi connectivity index (χ3v) is 4.81. The number of para-hydroxylation sites is 1. The molecule has 1 fully saturated rings. The van der Waals surface area contributed by atoms with E-state index in [2.05, 4.69) is 36.7 Å². The lowest BCUT2D eigenvalue weighted by atomic mass is 9.97. The van der Waals surface area contributed by atoms with Gasteiger partial charge in [0.1, 0.15) is 5.66 Å². The Morgan fingerprint density at radius 2 is 1.61 bits per heavy atom. The average molecular weight is 334 g/mol. The van der Waals surface area contributed by atoms with Crippen molar-refractivity contribution in [1.29, 1.82) is 0 Å². The molecule has 0 bridgehead atoms. The Labute approximate surface area is 146 Å². The largest absolute Gasteiger partial charge is 0.342 e. The van der Waals surface area contributed by atoms with E-state index in [4.69, 9.17) is 12.2 Å². The Morgan fingerprint density at radius 1 is 0.913 bits per heavy atom. The van der Waals surface area contributed by atoms with E-state index in [9.17, 15) is 0 Å². The first-order valence-electron chi connectivity index (χ1n) is 9.16. The van der Waals surface area contributed by atoms with Gasteiger partial charge in [0.05, 0.1) is 5.69 Å². The first-order chi connectivity index (χ1) is 11.2. The fraction of sp³-hybridized carbons (Fsp3) is 0.632. The molecule has 1 aliphatic rings. The summed E-state index contributed by atoms with van der Waals surface area (Å²) in [5.74, 6) is 0. The van der Waals surface area contributed by atoms with Gasteiger partial charge in [-0.25, -0.2) is 5.43 Å². The Hall–Kier alpha value is -1.13. The summed E-state index contributed by atoms with van der Waals surface area (Å²) in [6.45, 7) is 4.50. The predicted octanol–water partition coefficient (Wildman–Crippen LogP) is 5.13. The number of thiocarbonyl (C=S) groups is 1. The summed E-state index contributed by atoms with van der Waals surface area (Å²) in [7, 11) is 0. The number of nitrogens with one attached hydrogen (secondary N) is 2. The van der Waals surface area contributed by atoms with Crippen LogP contribution in [0, 0.1) is 0 Å². The van der Waals surface area contributed by atoms with Gasteiger partial charge >= 0.3 is 0 Å². The Bertz CT molecular complexity index is 477. The normalized spacial score (nSPS) is 20.8. The lowest BCUT2D eigenvalue weighted by Crippen LogP contribution is -2.51. The van der Waals surface area contributed by atoms with E-state index in [1.54, 1.807) is 0 Å². The highest BCUT2D eigenvalue weighted by atomic mass is 32.1. The zero-order valence-electron chi connectivity index (χ0n) is 14.6. The highest BCUT2D eigenvalue weighted by Crippen LogP contribution is 2.27. The molecule has 1 atom stereocenters. The standard InChI is InChI=1S/C19H31N3S/c1-3-5-6-7-8-12-16-19(15-4-2)20-18(23)22(21-19)17-13-10-9-11-14-17/h9-11,13-14,21H,3-8,12,15-16H2,1-2H3,(H,20,23)/t19-/m0/s1. The first kappa shape index (κ1) is 18.2. The lowest BCUT2D eigenvalue weighted by Gasteiger charge is -2.30. The number of unbranched alkanes of at least 4 members (excludes halogenated alkanes) is 5. The molecular weight excluding hydrogens is 302 g/mol. The third kappa shape index (κ3) is 5.18. The van der Waals surface area contributed by atoms with Crippen LogP contribution in [0.2, 0.25) is 0 Å². The number of rotatable bonds is 10. The number of hydrogen-bond acceptors (Lipinski definition) is 2. The molecule has 128 valence electrons. The molecule has 1 heterocycles. The highest BCUT2D eigenvalue weighted by Gasteiger charge is 2.39. The molecule has 2 rings (SSSR count). The van der Waals surface area contributed by atoms with Crippen LogP contribution in [0.25, 0.3) is 0 Å². The van der Waals surface area contributed by atoms with Crippen LogP contribution in [0.1, 0.15) is 71.6 Å². The molecule has 1 aliphatic heterocycles. The predicted molar refractivity (Wildman–Crippen MR) is 103 cm³/mol. The first-order valence-corrected chi connectivity index (χ1v) is 9.57. The SMILES string of the molecule is CCCCCCCC[C@@]1(CCC)NC(=S)N(c2ccccc2)N1. The Balaban J connectivity index is 1.92. The van der Waals surface area contributed by atoms with Crippen LogP contribution in [0.3, 0.4) is 0 Å². The van der Waals surface area contributed by atoms with Gasteiger partial charge in [-0.1, -0.05) is 70.6 Å². The Morgan fingerprint density at radius 3 is 2.30 bits per heavy atom. The molecule has 0 amide bonds. The molecule has 0 unspecified atom stereocenters. The number of nitrogens with zero attached hydrogens (tertiary/aromatic N) is 1. The van der Waals surface area contributed by atoms with Gasteiger partial charge in [-0.05, 0) is 43.6 Å². The zero-order chi connectivity index (χ0) is 16.5. The molecular formula is C19H31N3S. The lowest BCUT2D eigenvalue weighted by molar-refractivity contribution is 0.278. The van der Waals surface area contributed by atoms with E-state index < -0.39 is 0 Å². The maximum atomic E-state index is 5.57. The Kier molecular flexibility index (Phi) is 7.31. The minimum atomic E-state index is -0.0770. The van der Waals surface area contributed by atoms with Crippen molar-refractivity contribution in [2.24, 2.45) is 0 Å². The second kappa shape index (κ2) is 9.24. The molecule has 1 saturated heterocycles. The van der Waals surface area contributed by atoms with Crippen LogP contribution in [-0.2, 0) is 0 Å². The summed E-state index contributed by atoms with van der Waals surface area (Å²) in [6.07, 6.45) is 11.3. The number of hydrazine groups is 1. The quantitative estimate of drug-likeness (QED) is 0.458. The van der Waals surface area contributed by atoms with Gasteiger partial charge < -0.3 is 5.32 Å². The van der Waals surface area contributed by atoms with Crippen molar-refractivity contribution in [1.82, 2.24) is 10.7 Å². The van der Waals surface area contributed by atoms with Crippen molar-refractivity contribution in [2.75, 3.05) is 5.01 Å². The molecule has 0 radical (unpaired) electrons. The van der Waals surface area contributed by atoms with Crippen LogP contribution in [0.4, 0.5) is 5.69 Å². The molecule has 23 heavy (non-hydrogen) atoms. The van der Waals surface area contributed by atoms with Crippen molar-refractivity contribution in [3.05, 3.63) is 30.3 Å². The van der Waals surface area contributed by atoms with Gasteiger partial charge in [0.2, 0.25) is 0 Å². The van der Waals surface area contributed by atoms with Crippen molar-refractivity contribution in [3.8, 4) is 0 Å². The molecule has 3 nitrogen and oxygen atoms in total. The number of anilines is 1. The molecule has 2 N–H and O–H groups in total. The monoisotopic (exact) mass is 333 g/mol. The molecule has 1 aromatic carbocycles. The van der Waals surface area contributed by atoms with Gasteiger partial charge in [-0.2, -0.15) is 0 Å². The fourth-order valence-electron chi connectivity index (χ4n) is 3.31. The smallest absolute Gasteiger partial charge is 0.189 e. The summed E-state index contributed by atoms with van der Waals surface area (Å²) >= 11 is 5.57. The van der Waals surface area contributed by atoms with Gasteiger partial charge in [-0.15, -0.1) is 0 Å².